The molecule has 2 aromatic rings. The van der Waals surface area contributed by atoms with E-state index >= 15 is 0 Å². The second kappa shape index (κ2) is 13.4. The normalized spacial score (nSPS) is 12.3. The maximum atomic E-state index is 13.2. The van der Waals surface area contributed by atoms with Crippen LogP contribution in [0.15, 0.2) is 54.6 Å². The first-order valence-corrected chi connectivity index (χ1v) is 10.5. The summed E-state index contributed by atoms with van der Waals surface area (Å²) in [5.74, 6) is -0.958. The zero-order valence-electron chi connectivity index (χ0n) is 18.2. The van der Waals surface area contributed by atoms with Crippen LogP contribution < -0.4 is 11.5 Å². The zero-order chi connectivity index (χ0) is 22.8. The summed E-state index contributed by atoms with van der Waals surface area (Å²) in [6, 6.07) is 13.7. The standard InChI is InChI=1S/C23H30N4O4.ClH/c1-2-3-7-14-26(23(29)20(24)15-17-8-5-4-6-9-17)21(22(25)28)16-18-10-12-19(13-11-18)27(30)31;/h4-6,8-13,20-21H,2-3,7,14-16,24H2,1H3,(H2,25,28);1H/t20-,21-;/m0./s1. The number of nitro groups is 1. The molecular weight excluding hydrogens is 432 g/mol. The maximum Gasteiger partial charge on any atom is 0.269 e. The number of nitro benzene ring substituents is 1. The lowest BCUT2D eigenvalue weighted by atomic mass is 10.00. The van der Waals surface area contributed by atoms with E-state index in [1.54, 1.807) is 12.1 Å². The molecule has 0 aromatic heterocycles. The van der Waals surface area contributed by atoms with Gasteiger partial charge in [0, 0.05) is 25.1 Å². The Balaban J connectivity index is 0.00000512. The number of carbonyl (C=O) groups excluding carboxylic acids is 2. The molecule has 0 heterocycles. The van der Waals surface area contributed by atoms with Gasteiger partial charge in [-0.3, -0.25) is 19.7 Å². The van der Waals surface area contributed by atoms with Gasteiger partial charge in [0.1, 0.15) is 6.04 Å². The van der Waals surface area contributed by atoms with Crippen molar-refractivity contribution in [2.75, 3.05) is 6.54 Å². The van der Waals surface area contributed by atoms with Crippen LogP contribution in [0.3, 0.4) is 0 Å². The van der Waals surface area contributed by atoms with E-state index in [-0.39, 0.29) is 30.4 Å². The number of primary amides is 1. The van der Waals surface area contributed by atoms with Gasteiger partial charge in [-0.25, -0.2) is 0 Å². The zero-order valence-corrected chi connectivity index (χ0v) is 19.0. The summed E-state index contributed by atoms with van der Waals surface area (Å²) in [7, 11) is 0. The third-order valence-electron chi connectivity index (χ3n) is 5.18. The van der Waals surface area contributed by atoms with Gasteiger partial charge in [-0.15, -0.1) is 12.4 Å². The Bertz CT molecular complexity index is 877. The Kier molecular flexibility index (Phi) is 11.4. The molecule has 8 nitrogen and oxygen atoms in total. The molecule has 0 bridgehead atoms. The molecule has 0 radical (unpaired) electrons. The fourth-order valence-corrected chi connectivity index (χ4v) is 3.46. The van der Waals surface area contributed by atoms with Crippen LogP contribution in [-0.4, -0.2) is 40.3 Å². The molecular formula is C23H31ClN4O4. The number of nitrogens with zero attached hydrogens (tertiary/aromatic N) is 2. The molecule has 9 heteroatoms. The minimum Gasteiger partial charge on any atom is -0.368 e. The van der Waals surface area contributed by atoms with Crippen molar-refractivity contribution in [2.24, 2.45) is 11.5 Å². The van der Waals surface area contributed by atoms with Gasteiger partial charge in [-0.1, -0.05) is 62.2 Å². The highest BCUT2D eigenvalue weighted by atomic mass is 35.5. The van der Waals surface area contributed by atoms with Crippen LogP contribution in [0.25, 0.3) is 0 Å². The second-order valence-corrected chi connectivity index (χ2v) is 7.58. The summed E-state index contributed by atoms with van der Waals surface area (Å²) in [5.41, 5.74) is 13.5. The van der Waals surface area contributed by atoms with Gasteiger partial charge in [0.15, 0.2) is 0 Å². The van der Waals surface area contributed by atoms with Crippen molar-refractivity contribution in [1.29, 1.82) is 0 Å². The molecule has 0 aliphatic carbocycles. The molecule has 4 N–H and O–H groups in total. The van der Waals surface area contributed by atoms with Gasteiger partial charge in [0.2, 0.25) is 11.8 Å². The van der Waals surface area contributed by atoms with Crippen LogP contribution in [-0.2, 0) is 22.4 Å². The fraction of sp³-hybridized carbons (Fsp3) is 0.391. The Morgan fingerprint density at radius 2 is 1.59 bits per heavy atom. The highest BCUT2D eigenvalue weighted by Gasteiger charge is 2.31. The minimum atomic E-state index is -0.882. The van der Waals surface area contributed by atoms with E-state index in [1.807, 2.05) is 30.3 Å². The number of amides is 2. The molecule has 0 saturated heterocycles. The van der Waals surface area contributed by atoms with E-state index in [9.17, 15) is 19.7 Å². The van der Waals surface area contributed by atoms with E-state index in [1.165, 1.54) is 17.0 Å². The molecule has 0 saturated carbocycles. The summed E-state index contributed by atoms with van der Waals surface area (Å²) < 4.78 is 0. The minimum absolute atomic E-state index is 0. The van der Waals surface area contributed by atoms with Gasteiger partial charge in [-0.2, -0.15) is 0 Å². The van der Waals surface area contributed by atoms with Gasteiger partial charge >= 0.3 is 0 Å². The summed E-state index contributed by atoms with van der Waals surface area (Å²) in [6.45, 7) is 2.42. The quantitative estimate of drug-likeness (QED) is 0.284. The van der Waals surface area contributed by atoms with Crippen molar-refractivity contribution in [3.63, 3.8) is 0 Å². The first-order valence-electron chi connectivity index (χ1n) is 10.5. The number of hydrogen-bond donors (Lipinski definition) is 2. The summed E-state index contributed by atoms with van der Waals surface area (Å²) in [6.07, 6.45) is 3.11. The second-order valence-electron chi connectivity index (χ2n) is 7.58. The molecule has 2 amide bonds. The van der Waals surface area contributed by atoms with Crippen molar-refractivity contribution in [1.82, 2.24) is 4.90 Å². The molecule has 174 valence electrons. The highest BCUT2D eigenvalue weighted by molar-refractivity contribution is 5.89. The van der Waals surface area contributed by atoms with Crippen molar-refractivity contribution in [3.05, 3.63) is 75.8 Å². The molecule has 0 fully saturated rings. The Labute approximate surface area is 194 Å². The van der Waals surface area contributed by atoms with Gasteiger partial charge in [-0.05, 0) is 24.0 Å². The van der Waals surface area contributed by atoms with Crippen LogP contribution in [0.2, 0.25) is 0 Å². The molecule has 32 heavy (non-hydrogen) atoms. The van der Waals surface area contributed by atoms with Gasteiger partial charge < -0.3 is 16.4 Å². The monoisotopic (exact) mass is 462 g/mol. The Morgan fingerprint density at radius 1 is 1.00 bits per heavy atom. The Morgan fingerprint density at radius 3 is 2.12 bits per heavy atom. The molecule has 2 atom stereocenters. The van der Waals surface area contributed by atoms with E-state index in [0.717, 1.165) is 24.8 Å². The molecule has 2 aromatic carbocycles. The first-order chi connectivity index (χ1) is 14.8. The molecule has 0 aliphatic heterocycles. The van der Waals surface area contributed by atoms with Gasteiger partial charge in [0.25, 0.3) is 5.69 Å². The van der Waals surface area contributed by atoms with E-state index in [0.29, 0.717) is 18.5 Å². The average molecular weight is 463 g/mol. The predicted octanol–water partition coefficient (Wildman–Crippen LogP) is 3.00. The van der Waals surface area contributed by atoms with Crippen LogP contribution >= 0.6 is 12.4 Å². The molecule has 0 spiro atoms. The lowest BCUT2D eigenvalue weighted by Crippen LogP contribution is -2.54. The summed E-state index contributed by atoms with van der Waals surface area (Å²) in [4.78, 5) is 37.4. The smallest absolute Gasteiger partial charge is 0.269 e. The van der Waals surface area contributed by atoms with Crippen LogP contribution in [0.5, 0.6) is 0 Å². The number of non-ortho nitro benzene ring substituents is 1. The number of rotatable bonds is 12. The Hall–Kier alpha value is -2.97. The summed E-state index contributed by atoms with van der Waals surface area (Å²) >= 11 is 0. The average Bonchev–Trinajstić information content (AvgIpc) is 2.76. The van der Waals surface area contributed by atoms with Crippen LogP contribution in [0, 0.1) is 10.1 Å². The third kappa shape index (κ3) is 7.94. The molecule has 0 unspecified atom stereocenters. The fourth-order valence-electron chi connectivity index (χ4n) is 3.46. The number of benzene rings is 2. The highest BCUT2D eigenvalue weighted by Crippen LogP contribution is 2.17. The van der Waals surface area contributed by atoms with Crippen molar-refractivity contribution in [3.8, 4) is 0 Å². The lowest BCUT2D eigenvalue weighted by molar-refractivity contribution is -0.384. The number of nitrogens with two attached hydrogens (primary N) is 2. The van der Waals surface area contributed by atoms with Crippen molar-refractivity contribution in [2.45, 2.75) is 51.1 Å². The lowest BCUT2D eigenvalue weighted by Gasteiger charge is -2.32. The molecule has 0 aliphatic rings. The number of hydrogen-bond acceptors (Lipinski definition) is 5. The largest absolute Gasteiger partial charge is 0.368 e. The third-order valence-corrected chi connectivity index (χ3v) is 5.18. The van der Waals surface area contributed by atoms with E-state index < -0.39 is 22.9 Å². The van der Waals surface area contributed by atoms with Crippen molar-refractivity contribution >= 4 is 29.9 Å². The maximum absolute atomic E-state index is 13.2. The number of carbonyl (C=O) groups is 2. The number of unbranched alkanes of at least 4 members (excludes halogenated alkanes) is 2. The first kappa shape index (κ1) is 27.1. The van der Waals surface area contributed by atoms with Gasteiger partial charge in [0.05, 0.1) is 11.0 Å². The summed E-state index contributed by atoms with van der Waals surface area (Å²) in [5, 5.41) is 10.9. The van der Waals surface area contributed by atoms with E-state index in [4.69, 9.17) is 11.5 Å². The van der Waals surface area contributed by atoms with Crippen LogP contribution in [0.4, 0.5) is 5.69 Å². The van der Waals surface area contributed by atoms with E-state index in [2.05, 4.69) is 6.92 Å². The predicted molar refractivity (Wildman–Crippen MR) is 126 cm³/mol. The van der Waals surface area contributed by atoms with Crippen LogP contribution in [0.1, 0.15) is 37.3 Å². The topological polar surface area (TPSA) is 133 Å². The van der Waals surface area contributed by atoms with Crippen molar-refractivity contribution < 1.29 is 14.5 Å². The molecule has 2 rings (SSSR count). The SMILES string of the molecule is CCCCCN(C(=O)[C@@H](N)Cc1ccccc1)[C@@H](Cc1ccc([N+](=O)[O-])cc1)C(N)=O.Cl. The number of halogens is 1.